The fourth-order valence-corrected chi connectivity index (χ4v) is 8.01. The highest BCUT2D eigenvalue weighted by Crippen LogP contribution is 2.21. The quantitative estimate of drug-likeness (QED) is 0.0131. The van der Waals surface area contributed by atoms with E-state index >= 15 is 0 Å². The summed E-state index contributed by atoms with van der Waals surface area (Å²) in [5.74, 6) is -10.2. The van der Waals surface area contributed by atoms with Crippen LogP contribution in [0, 0.1) is 11.6 Å². The van der Waals surface area contributed by atoms with E-state index in [1.165, 1.54) is 24.0 Å². The van der Waals surface area contributed by atoms with Crippen LogP contribution in [-0.4, -0.2) is 168 Å². The number of hydrogen-bond donors (Lipinski definition) is 15. The van der Waals surface area contributed by atoms with E-state index in [0.717, 1.165) is 12.1 Å². The van der Waals surface area contributed by atoms with Gasteiger partial charge >= 0.3 is 5.97 Å². The number of aliphatic hydroxyl groups excluding tert-OH is 1. The van der Waals surface area contributed by atoms with E-state index in [1.807, 2.05) is 0 Å². The summed E-state index contributed by atoms with van der Waals surface area (Å²) in [7, 11) is 0. The Morgan fingerprint density at radius 1 is 0.776 bits per heavy atom. The first kappa shape index (κ1) is 65.4. The van der Waals surface area contributed by atoms with Crippen LogP contribution in [0.4, 0.5) is 8.78 Å². The fourth-order valence-electron chi connectivity index (χ4n) is 8.01. The maximum absolute atomic E-state index is 14.5. The highest BCUT2D eigenvalue weighted by Gasteiger charge is 2.39. The number of ketones is 1. The zero-order valence-corrected chi connectivity index (χ0v) is 43.0. The zero-order chi connectivity index (χ0) is 56.9. The fraction of sp³-hybridized carbons (Fsp3) is 0.625. The number of hydrogen-bond acceptors (Lipinski definition) is 16. The van der Waals surface area contributed by atoms with E-state index < -0.39 is 133 Å². The predicted octanol–water partition coefficient (Wildman–Crippen LogP) is -4.27. The number of rotatable bonds is 36. The van der Waals surface area contributed by atoms with E-state index in [1.54, 1.807) is 0 Å². The number of guanidine groups is 1. The number of amides is 7. The number of likely N-dealkylation sites (tertiary alicyclic amines) is 1. The number of carbonyl (C=O) groups is 9. The van der Waals surface area contributed by atoms with Gasteiger partial charge in [-0.2, -0.15) is 0 Å². The van der Waals surface area contributed by atoms with E-state index in [4.69, 9.17) is 40.1 Å². The summed E-state index contributed by atoms with van der Waals surface area (Å²) >= 11 is 0. The molecule has 0 aromatic heterocycles. The molecule has 76 heavy (non-hydrogen) atoms. The van der Waals surface area contributed by atoms with Crippen molar-refractivity contribution in [2.45, 2.75) is 145 Å². The largest absolute Gasteiger partial charge is 0.478 e. The van der Waals surface area contributed by atoms with Crippen molar-refractivity contribution in [3.05, 3.63) is 47.0 Å². The summed E-state index contributed by atoms with van der Waals surface area (Å²) in [4.78, 5) is 125. The van der Waals surface area contributed by atoms with Crippen LogP contribution in [0.3, 0.4) is 0 Å². The van der Waals surface area contributed by atoms with Crippen molar-refractivity contribution < 1.29 is 62.1 Å². The van der Waals surface area contributed by atoms with Crippen molar-refractivity contribution in [2.24, 2.45) is 45.1 Å². The lowest BCUT2D eigenvalue weighted by Gasteiger charge is -2.30. The third kappa shape index (κ3) is 23.0. The molecule has 1 aliphatic heterocycles. The number of aliphatic carboxylic acids is 1. The number of unbranched alkanes of at least 4 members (excludes halogenated alkanes) is 2. The van der Waals surface area contributed by atoms with Gasteiger partial charge in [-0.1, -0.05) is 18.6 Å². The first-order valence-corrected chi connectivity index (χ1v) is 25.4. The smallest absolute Gasteiger partial charge is 0.331 e. The minimum atomic E-state index is -1.58. The van der Waals surface area contributed by atoms with E-state index in [9.17, 15) is 62.1 Å². The first-order chi connectivity index (χ1) is 36.1. The molecule has 22 N–H and O–H groups in total. The highest BCUT2D eigenvalue weighted by molar-refractivity contribution is 5.98. The van der Waals surface area contributed by atoms with Crippen molar-refractivity contribution >= 4 is 59.1 Å². The summed E-state index contributed by atoms with van der Waals surface area (Å²) in [6.45, 7) is 1.05. The monoisotopic (exact) mass is 1080 g/mol. The molecular formula is C48H79F2N15O11. The number of aliphatic imine (C=N–C) groups is 1. The number of nitrogens with one attached hydrogen (secondary N) is 6. The molecule has 1 aliphatic rings. The summed E-state index contributed by atoms with van der Waals surface area (Å²) in [5, 5.41) is 35.0. The van der Waals surface area contributed by atoms with Gasteiger partial charge in [-0.3, -0.25) is 43.3 Å². The second kappa shape index (κ2) is 34.8. The summed E-state index contributed by atoms with van der Waals surface area (Å²) in [6, 6.07) is -6.23. The number of halogens is 2. The van der Waals surface area contributed by atoms with Crippen LogP contribution < -0.4 is 72.0 Å². The van der Waals surface area contributed by atoms with Gasteiger partial charge in [0.25, 0.3) is 0 Å². The molecular weight excluding hydrogens is 1000 g/mol. The molecule has 0 aliphatic carbocycles. The Morgan fingerprint density at radius 2 is 1.43 bits per heavy atom. The molecule has 0 unspecified atom stereocenters. The summed E-state index contributed by atoms with van der Waals surface area (Å²) < 4.78 is 28.4. The molecule has 0 bridgehead atoms. The SMILES string of the molecule is C[C@H](NC(=O)[C@@H](NC(=O)[C@@H](N)CCCCN)[C@@H](O)CN)C(=O)NCC(=O)N[C@H](CCCN)C(=O)N1CCC[C@H]1C(=O)N[C@@H](Cc1ccc(F)c(F)c1)C(=O)N[C@@H](CCCCN)C(=O)CC/C(=C\CCN=C(N)N)C(=O)O. The van der Waals surface area contributed by atoms with Crippen LogP contribution in [-0.2, 0) is 49.6 Å². The molecule has 1 fully saturated rings. The number of benzene rings is 1. The third-order valence-corrected chi connectivity index (χ3v) is 12.3. The van der Waals surface area contributed by atoms with Crippen molar-refractivity contribution in [1.82, 2.24) is 36.8 Å². The van der Waals surface area contributed by atoms with Gasteiger partial charge in [-0.25, -0.2) is 13.6 Å². The Balaban J connectivity index is 2.26. The van der Waals surface area contributed by atoms with Crippen molar-refractivity contribution in [3.8, 4) is 0 Å². The number of nitrogens with two attached hydrogens (primary N) is 7. The van der Waals surface area contributed by atoms with Crippen LogP contribution in [0.25, 0.3) is 0 Å². The Morgan fingerprint density at radius 3 is 2.05 bits per heavy atom. The van der Waals surface area contributed by atoms with Crippen molar-refractivity contribution in [2.75, 3.05) is 45.8 Å². The number of aliphatic hydroxyl groups is 1. The van der Waals surface area contributed by atoms with E-state index in [2.05, 4.69) is 36.9 Å². The molecule has 1 saturated heterocycles. The number of carboxylic acids is 1. The molecule has 0 radical (unpaired) electrons. The van der Waals surface area contributed by atoms with Gasteiger partial charge in [-0.05, 0) is 115 Å². The lowest BCUT2D eigenvalue weighted by atomic mass is 9.97. The second-order valence-corrected chi connectivity index (χ2v) is 18.3. The normalized spacial score (nSPS) is 16.1. The molecule has 26 nitrogen and oxygen atoms in total. The van der Waals surface area contributed by atoms with Gasteiger partial charge in [0.1, 0.15) is 30.2 Å². The van der Waals surface area contributed by atoms with E-state index in [-0.39, 0.29) is 94.6 Å². The Hall–Kier alpha value is -6.72. The van der Waals surface area contributed by atoms with Gasteiger partial charge in [0.2, 0.25) is 41.4 Å². The van der Waals surface area contributed by atoms with Gasteiger partial charge in [0.05, 0.1) is 24.7 Å². The average Bonchev–Trinajstić information content (AvgIpc) is 3.88. The van der Waals surface area contributed by atoms with Crippen LogP contribution in [0.15, 0.2) is 34.8 Å². The van der Waals surface area contributed by atoms with Gasteiger partial charge in [0.15, 0.2) is 23.4 Å². The minimum absolute atomic E-state index is 0.00200. The minimum Gasteiger partial charge on any atom is -0.478 e. The highest BCUT2D eigenvalue weighted by atomic mass is 19.2. The molecule has 1 aromatic carbocycles. The van der Waals surface area contributed by atoms with Gasteiger partial charge in [-0.15, -0.1) is 0 Å². The van der Waals surface area contributed by atoms with Crippen LogP contribution >= 0.6 is 0 Å². The number of carboxylic acid groups (broad SMARTS) is 1. The molecule has 0 spiro atoms. The maximum atomic E-state index is 14.5. The van der Waals surface area contributed by atoms with E-state index in [0.29, 0.717) is 38.6 Å². The van der Waals surface area contributed by atoms with Crippen LogP contribution in [0.1, 0.15) is 96.0 Å². The second-order valence-electron chi connectivity index (χ2n) is 18.3. The van der Waals surface area contributed by atoms with Crippen LogP contribution in [0.2, 0.25) is 0 Å². The molecule has 0 saturated carbocycles. The third-order valence-electron chi connectivity index (χ3n) is 12.3. The molecule has 1 heterocycles. The molecule has 28 heteroatoms. The Kier molecular flexibility index (Phi) is 29.9. The summed E-state index contributed by atoms with van der Waals surface area (Å²) in [5.41, 5.74) is 39.1. The van der Waals surface area contributed by atoms with Crippen molar-refractivity contribution in [3.63, 3.8) is 0 Å². The topological polar surface area (TPSA) is 464 Å². The number of nitrogens with zero attached hydrogens (tertiary/aromatic N) is 2. The lowest BCUT2D eigenvalue weighted by Crippen LogP contribution is -2.60. The van der Waals surface area contributed by atoms with Crippen molar-refractivity contribution in [1.29, 1.82) is 0 Å². The lowest BCUT2D eigenvalue weighted by molar-refractivity contribution is -0.142. The average molecular weight is 1080 g/mol. The molecule has 8 atom stereocenters. The Bertz CT molecular complexity index is 2190. The predicted molar refractivity (Wildman–Crippen MR) is 276 cm³/mol. The zero-order valence-electron chi connectivity index (χ0n) is 43.0. The molecule has 2 rings (SSSR count). The van der Waals surface area contributed by atoms with Gasteiger partial charge < -0.3 is 87.1 Å². The van der Waals surface area contributed by atoms with Gasteiger partial charge in [0, 0.05) is 38.0 Å². The molecule has 7 amide bonds. The molecule has 1 aromatic rings. The first-order valence-electron chi connectivity index (χ1n) is 25.4. The Labute approximate surface area is 440 Å². The maximum Gasteiger partial charge on any atom is 0.331 e. The standard InChI is InChI=1S/C48H79F2N15O11/c1-27(60-45(73)40(38(67)25-54)64-42(70)32(55)10-2-4-18-51)41(69)59-26-39(68)61-34(12-6-20-53)46(74)65-22-8-13-36(65)44(72)63-35(24-28-14-16-30(49)31(50)23-28)43(71)62-33(11-3-5-19-52)37(66)17-15-29(47(75)76)9-7-21-58-48(56)57/h9,14,16,23,27,32-36,38,40,67H,2-8,10-13,15,17-22,24-26,51-55H2,1H3,(H,59,69)(H,60,73)(H,61,68)(H,62,71)(H,63,72)(H,64,70)(H,75,76)(H4,56,57,58)/b29-9+/t27-,32-,33-,34+,35-,36-,38-,40-/m0/s1. The molecule has 426 valence electrons. The number of carbonyl (C=O) groups excluding carboxylic acids is 8. The number of Topliss-reactive ketones (excluding diaryl/α,β-unsaturated/α-hetero) is 1. The van der Waals surface area contributed by atoms with Crippen LogP contribution in [0.5, 0.6) is 0 Å². The summed E-state index contributed by atoms with van der Waals surface area (Å²) in [6.07, 6.45) is 2.04.